The number of benzene rings is 2. The van der Waals surface area contributed by atoms with Gasteiger partial charge in [-0.1, -0.05) is 24.3 Å². The monoisotopic (exact) mass is 488 g/mol. The Morgan fingerprint density at radius 1 is 0.806 bits per heavy atom. The number of anilines is 3. The molecule has 4 amide bonds. The van der Waals surface area contributed by atoms with Gasteiger partial charge in [0.15, 0.2) is 17.6 Å². The third kappa shape index (κ3) is 5.00. The van der Waals surface area contributed by atoms with Crippen LogP contribution in [-0.4, -0.2) is 48.5 Å². The van der Waals surface area contributed by atoms with Crippen LogP contribution in [-0.2, 0) is 19.2 Å². The minimum atomic E-state index is -1.60. The van der Waals surface area contributed by atoms with Gasteiger partial charge in [-0.15, -0.1) is 0 Å². The number of urea groups is 1. The molecule has 0 radical (unpaired) electrons. The Bertz CT molecular complexity index is 1190. The molecule has 0 saturated heterocycles. The van der Waals surface area contributed by atoms with Gasteiger partial charge >= 0.3 is 6.03 Å². The molecule has 36 heavy (non-hydrogen) atoms. The minimum Gasteiger partial charge on any atom is -0.318 e. The van der Waals surface area contributed by atoms with E-state index in [4.69, 9.17) is 0 Å². The number of hydrogen-bond acceptors (Lipinski definition) is 5. The smallest absolute Gasteiger partial charge is 0.318 e. The van der Waals surface area contributed by atoms with Crippen molar-refractivity contribution in [3.05, 3.63) is 54.1 Å². The van der Waals surface area contributed by atoms with E-state index in [0.29, 0.717) is 17.1 Å². The molecule has 186 valence electrons. The molecule has 3 aliphatic rings. The Hall–Kier alpha value is -4.01. The van der Waals surface area contributed by atoms with Crippen LogP contribution in [0.1, 0.15) is 31.2 Å². The Morgan fingerprint density at radius 2 is 1.33 bits per heavy atom. The molecule has 0 bridgehead atoms. The third-order valence-corrected chi connectivity index (χ3v) is 6.73. The lowest BCUT2D eigenvalue weighted by Gasteiger charge is -2.24. The van der Waals surface area contributed by atoms with Crippen LogP contribution in [0.3, 0.4) is 0 Å². The van der Waals surface area contributed by atoms with Crippen LogP contribution in [0.2, 0.25) is 0 Å². The number of rotatable bonds is 8. The number of carbonyl (C=O) groups excluding carboxylic acids is 5. The van der Waals surface area contributed by atoms with Crippen LogP contribution in [0.25, 0.3) is 0 Å². The molecular formula is C27H28N4O5. The quantitative estimate of drug-likeness (QED) is 0.555. The number of Topliss-reactive ketones (excluding diaryl/α,β-unsaturated/α-hetero) is 2. The maximum atomic E-state index is 13.7. The molecule has 2 fully saturated rings. The van der Waals surface area contributed by atoms with E-state index in [0.717, 1.165) is 31.2 Å². The van der Waals surface area contributed by atoms with E-state index in [9.17, 15) is 24.0 Å². The van der Waals surface area contributed by atoms with Gasteiger partial charge in [0.05, 0.1) is 24.5 Å². The molecule has 0 aromatic heterocycles. The van der Waals surface area contributed by atoms with Crippen molar-refractivity contribution in [2.75, 3.05) is 28.2 Å². The molecule has 1 aliphatic heterocycles. The van der Waals surface area contributed by atoms with Crippen LogP contribution >= 0.6 is 0 Å². The number of ketones is 2. The molecule has 0 unspecified atom stereocenters. The summed E-state index contributed by atoms with van der Waals surface area (Å²) in [6.07, 6.45) is 3.13. The van der Waals surface area contributed by atoms with Gasteiger partial charge in [0, 0.05) is 17.5 Å². The van der Waals surface area contributed by atoms with Crippen molar-refractivity contribution in [2.45, 2.75) is 38.6 Å². The van der Waals surface area contributed by atoms with Crippen molar-refractivity contribution in [3.8, 4) is 0 Å². The number of nitrogens with zero attached hydrogens (tertiary/aromatic N) is 2. The highest BCUT2D eigenvalue weighted by atomic mass is 16.2. The molecule has 1 heterocycles. The molecule has 9 nitrogen and oxygen atoms in total. The number of hydrogen-bond donors (Lipinski definition) is 2. The lowest BCUT2D eigenvalue weighted by Crippen LogP contribution is -2.57. The molecule has 2 N–H and O–H groups in total. The molecule has 9 heteroatoms. The number of fused-ring (bicyclic) bond motifs is 1. The maximum absolute atomic E-state index is 13.7. The number of nitrogens with one attached hydrogen (secondary N) is 2. The van der Waals surface area contributed by atoms with E-state index in [-0.39, 0.29) is 36.5 Å². The van der Waals surface area contributed by atoms with Crippen LogP contribution in [0.4, 0.5) is 21.9 Å². The zero-order valence-electron chi connectivity index (χ0n) is 20.0. The first-order chi connectivity index (χ1) is 17.3. The predicted octanol–water partition coefficient (Wildman–Crippen LogP) is 2.82. The summed E-state index contributed by atoms with van der Waals surface area (Å²) < 4.78 is 0. The van der Waals surface area contributed by atoms with Gasteiger partial charge in [-0.25, -0.2) is 4.79 Å². The minimum absolute atomic E-state index is 0.0870. The van der Waals surface area contributed by atoms with Gasteiger partial charge in [0.25, 0.3) is 11.8 Å². The molecule has 0 spiro atoms. The average Bonchev–Trinajstić information content (AvgIpc) is 3.75. The molecule has 2 aromatic rings. The number of carbonyl (C=O) groups is 5. The van der Waals surface area contributed by atoms with E-state index in [1.165, 1.54) is 9.80 Å². The summed E-state index contributed by atoms with van der Waals surface area (Å²) in [4.78, 5) is 68.3. The van der Waals surface area contributed by atoms with E-state index >= 15 is 0 Å². The second-order valence-corrected chi connectivity index (χ2v) is 9.72. The Labute approximate surface area is 208 Å². The summed E-state index contributed by atoms with van der Waals surface area (Å²) in [5.41, 5.74) is 2.18. The standard InChI is InChI=1S/C27H28N4O5/c1-16-5-4-6-19(13-16)28-27(36)29-24-25(34)30(14-22(32)17-9-10-17)20-7-2-3-8-21(20)31(26(24)35)15-23(33)18-11-12-18/h2-8,13,17-18,24H,9-12,14-15H2,1H3,(H2,28,29,36). The van der Waals surface area contributed by atoms with Gasteiger partial charge < -0.3 is 20.4 Å². The van der Waals surface area contributed by atoms with E-state index in [1.807, 2.05) is 13.0 Å². The third-order valence-electron chi connectivity index (χ3n) is 6.73. The van der Waals surface area contributed by atoms with Gasteiger partial charge in [0.1, 0.15) is 0 Å². The Balaban J connectivity index is 1.47. The summed E-state index contributed by atoms with van der Waals surface area (Å²) in [5.74, 6) is -1.77. The molecule has 5 rings (SSSR count). The van der Waals surface area contributed by atoms with E-state index in [2.05, 4.69) is 10.6 Å². The normalized spacial score (nSPS) is 17.9. The zero-order valence-corrected chi connectivity index (χ0v) is 20.0. The van der Waals surface area contributed by atoms with Gasteiger partial charge in [-0.05, 0) is 62.4 Å². The molecular weight excluding hydrogens is 460 g/mol. The fourth-order valence-corrected chi connectivity index (χ4v) is 4.43. The van der Waals surface area contributed by atoms with Crippen molar-refractivity contribution in [2.24, 2.45) is 11.8 Å². The molecule has 0 atom stereocenters. The van der Waals surface area contributed by atoms with E-state index < -0.39 is 23.9 Å². The average molecular weight is 489 g/mol. The highest BCUT2D eigenvalue weighted by molar-refractivity contribution is 6.23. The van der Waals surface area contributed by atoms with Crippen molar-refractivity contribution >= 4 is 46.5 Å². The summed E-state index contributed by atoms with van der Waals surface area (Å²) >= 11 is 0. The highest BCUT2D eigenvalue weighted by Gasteiger charge is 2.44. The predicted molar refractivity (Wildman–Crippen MR) is 134 cm³/mol. The second kappa shape index (κ2) is 9.56. The summed E-state index contributed by atoms with van der Waals surface area (Å²) in [6.45, 7) is 1.48. The van der Waals surface area contributed by atoms with Crippen LogP contribution in [0, 0.1) is 18.8 Å². The van der Waals surface area contributed by atoms with Gasteiger partial charge in [0.2, 0.25) is 0 Å². The second-order valence-electron chi connectivity index (χ2n) is 9.72. The van der Waals surface area contributed by atoms with E-state index in [1.54, 1.807) is 42.5 Å². The lowest BCUT2D eigenvalue weighted by atomic mass is 10.2. The number of amides is 4. The van der Waals surface area contributed by atoms with Crippen LogP contribution in [0.5, 0.6) is 0 Å². The zero-order chi connectivity index (χ0) is 25.4. The SMILES string of the molecule is Cc1cccc(NC(=O)NC2C(=O)N(CC(=O)C3CC3)c3ccccc3N(CC(=O)C3CC3)C2=O)c1. The first-order valence-electron chi connectivity index (χ1n) is 12.2. The van der Waals surface area contributed by atoms with Gasteiger partial charge in [-0.2, -0.15) is 0 Å². The van der Waals surface area contributed by atoms with Crippen LogP contribution < -0.4 is 20.4 Å². The molecule has 2 aromatic carbocycles. The fourth-order valence-electron chi connectivity index (χ4n) is 4.43. The summed E-state index contributed by atoms with van der Waals surface area (Å²) in [6, 6.07) is 11.5. The topological polar surface area (TPSA) is 116 Å². The van der Waals surface area contributed by atoms with Crippen molar-refractivity contribution < 1.29 is 24.0 Å². The highest BCUT2D eigenvalue weighted by Crippen LogP contribution is 2.37. The molecule has 2 saturated carbocycles. The molecule has 2 aliphatic carbocycles. The Kier molecular flexibility index (Phi) is 6.30. The summed E-state index contributed by atoms with van der Waals surface area (Å²) in [5, 5.41) is 5.16. The largest absolute Gasteiger partial charge is 0.320 e. The first-order valence-corrected chi connectivity index (χ1v) is 12.2. The fraction of sp³-hybridized carbons (Fsp3) is 0.370. The summed E-state index contributed by atoms with van der Waals surface area (Å²) in [7, 11) is 0. The van der Waals surface area contributed by atoms with Crippen molar-refractivity contribution in [1.29, 1.82) is 0 Å². The lowest BCUT2D eigenvalue weighted by molar-refractivity contribution is -0.131. The number of aryl methyl sites for hydroxylation is 1. The van der Waals surface area contributed by atoms with Crippen LogP contribution in [0.15, 0.2) is 48.5 Å². The Morgan fingerprint density at radius 3 is 1.81 bits per heavy atom. The first kappa shape index (κ1) is 23.7. The van der Waals surface area contributed by atoms with Crippen molar-refractivity contribution in [1.82, 2.24) is 5.32 Å². The number of para-hydroxylation sites is 2. The van der Waals surface area contributed by atoms with Crippen molar-refractivity contribution in [3.63, 3.8) is 0 Å². The van der Waals surface area contributed by atoms with Gasteiger partial charge in [-0.3, -0.25) is 19.2 Å². The maximum Gasteiger partial charge on any atom is 0.320 e.